The van der Waals surface area contributed by atoms with Crippen LogP contribution in [0, 0.1) is 5.82 Å². The van der Waals surface area contributed by atoms with Gasteiger partial charge in [0.05, 0.1) is 0 Å². The SMILES string of the molecule is Cl.N[C@@H](CC(F)F)c1cccc(F)c1. The van der Waals surface area contributed by atoms with Gasteiger partial charge in [-0.3, -0.25) is 0 Å². The fraction of sp³-hybridized carbons (Fsp3) is 0.333. The Morgan fingerprint density at radius 1 is 1.29 bits per heavy atom. The maximum Gasteiger partial charge on any atom is 0.240 e. The van der Waals surface area contributed by atoms with Crippen LogP contribution < -0.4 is 5.73 Å². The van der Waals surface area contributed by atoms with Crippen LogP contribution in [-0.2, 0) is 0 Å². The van der Waals surface area contributed by atoms with Gasteiger partial charge in [0.15, 0.2) is 0 Å². The summed E-state index contributed by atoms with van der Waals surface area (Å²) in [5.74, 6) is -0.456. The van der Waals surface area contributed by atoms with E-state index in [0.717, 1.165) is 0 Å². The molecule has 5 heteroatoms. The smallest absolute Gasteiger partial charge is 0.240 e. The summed E-state index contributed by atoms with van der Waals surface area (Å²) in [6.07, 6.45) is -2.90. The van der Waals surface area contributed by atoms with Crippen molar-refractivity contribution in [1.29, 1.82) is 0 Å². The zero-order valence-corrected chi connectivity index (χ0v) is 8.11. The van der Waals surface area contributed by atoms with Crippen LogP contribution in [0.5, 0.6) is 0 Å². The number of alkyl halides is 2. The molecule has 1 aromatic carbocycles. The molecule has 1 aromatic rings. The van der Waals surface area contributed by atoms with E-state index in [1.807, 2.05) is 0 Å². The van der Waals surface area contributed by atoms with Gasteiger partial charge in [-0.05, 0) is 17.7 Å². The molecule has 0 aliphatic carbocycles. The highest BCUT2D eigenvalue weighted by Gasteiger charge is 2.12. The number of hydrogen-bond acceptors (Lipinski definition) is 1. The van der Waals surface area contributed by atoms with Crippen molar-refractivity contribution in [2.24, 2.45) is 5.73 Å². The third-order valence-electron chi connectivity index (χ3n) is 1.71. The first-order valence-corrected chi connectivity index (χ1v) is 3.89. The predicted octanol–water partition coefficient (Wildman–Crippen LogP) is 2.90. The first-order valence-electron chi connectivity index (χ1n) is 3.89. The van der Waals surface area contributed by atoms with Gasteiger partial charge in [0.2, 0.25) is 6.43 Å². The highest BCUT2D eigenvalue weighted by atomic mass is 35.5. The Morgan fingerprint density at radius 3 is 2.43 bits per heavy atom. The second-order valence-electron chi connectivity index (χ2n) is 2.79. The van der Waals surface area contributed by atoms with Crippen molar-refractivity contribution < 1.29 is 13.2 Å². The summed E-state index contributed by atoms with van der Waals surface area (Å²) in [5, 5.41) is 0. The van der Waals surface area contributed by atoms with Gasteiger partial charge in [-0.25, -0.2) is 13.2 Å². The molecule has 0 saturated heterocycles. The maximum absolute atomic E-state index is 12.6. The normalized spacial score (nSPS) is 12.4. The first-order chi connectivity index (χ1) is 6.09. The highest BCUT2D eigenvalue weighted by Crippen LogP contribution is 2.18. The molecule has 0 aliphatic heterocycles. The van der Waals surface area contributed by atoms with Gasteiger partial charge in [0, 0.05) is 12.5 Å². The van der Waals surface area contributed by atoms with Crippen LogP contribution in [0.1, 0.15) is 18.0 Å². The second-order valence-corrected chi connectivity index (χ2v) is 2.79. The summed E-state index contributed by atoms with van der Waals surface area (Å²) in [4.78, 5) is 0. The zero-order valence-electron chi connectivity index (χ0n) is 7.29. The standard InChI is InChI=1S/C9H10F3N.ClH/c10-7-3-1-2-6(4-7)8(13)5-9(11)12;/h1-4,8-9H,5,13H2;1H/t8-;/m0./s1. The van der Waals surface area contributed by atoms with E-state index in [2.05, 4.69) is 0 Å². The van der Waals surface area contributed by atoms with Crippen molar-refractivity contribution in [3.8, 4) is 0 Å². The first kappa shape index (κ1) is 13.3. The summed E-state index contributed by atoms with van der Waals surface area (Å²) in [5.41, 5.74) is 5.82. The lowest BCUT2D eigenvalue weighted by Crippen LogP contribution is -2.13. The van der Waals surface area contributed by atoms with E-state index in [1.165, 1.54) is 24.3 Å². The molecule has 0 bridgehead atoms. The lowest BCUT2D eigenvalue weighted by Gasteiger charge is -2.10. The van der Waals surface area contributed by atoms with Gasteiger partial charge in [-0.1, -0.05) is 12.1 Å². The number of nitrogens with two attached hydrogens (primary N) is 1. The molecule has 2 N–H and O–H groups in total. The van der Waals surface area contributed by atoms with Crippen molar-refractivity contribution in [1.82, 2.24) is 0 Å². The van der Waals surface area contributed by atoms with Crippen LogP contribution in [0.25, 0.3) is 0 Å². The minimum atomic E-state index is -2.46. The van der Waals surface area contributed by atoms with Crippen molar-refractivity contribution in [3.63, 3.8) is 0 Å². The minimum Gasteiger partial charge on any atom is -0.324 e. The minimum absolute atomic E-state index is 0. The fourth-order valence-electron chi connectivity index (χ4n) is 1.07. The van der Waals surface area contributed by atoms with E-state index in [4.69, 9.17) is 5.73 Å². The van der Waals surface area contributed by atoms with Crippen molar-refractivity contribution in [2.45, 2.75) is 18.9 Å². The Bertz CT molecular complexity index is 281. The summed E-state index contributed by atoms with van der Waals surface area (Å²) in [6, 6.07) is 4.62. The number of halogens is 4. The molecule has 14 heavy (non-hydrogen) atoms. The molecule has 0 spiro atoms. The summed E-state index contributed by atoms with van der Waals surface area (Å²) in [7, 11) is 0. The fourth-order valence-corrected chi connectivity index (χ4v) is 1.07. The molecule has 0 amide bonds. The van der Waals surface area contributed by atoms with Gasteiger partial charge in [0.25, 0.3) is 0 Å². The molecule has 80 valence electrons. The summed E-state index contributed by atoms with van der Waals surface area (Å²) >= 11 is 0. The van der Waals surface area contributed by atoms with Crippen LogP contribution in [0.2, 0.25) is 0 Å². The summed E-state index contributed by atoms with van der Waals surface area (Å²) in [6.45, 7) is 0. The van der Waals surface area contributed by atoms with Gasteiger partial charge < -0.3 is 5.73 Å². The maximum atomic E-state index is 12.6. The van der Waals surface area contributed by atoms with Gasteiger partial charge in [-0.2, -0.15) is 0 Å². The molecule has 0 saturated carbocycles. The highest BCUT2D eigenvalue weighted by molar-refractivity contribution is 5.85. The Kier molecular flexibility index (Phi) is 5.57. The van der Waals surface area contributed by atoms with Gasteiger partial charge in [-0.15, -0.1) is 12.4 Å². The number of rotatable bonds is 3. The van der Waals surface area contributed by atoms with Crippen LogP contribution in [0.15, 0.2) is 24.3 Å². The molecular weight excluding hydrogens is 215 g/mol. The van der Waals surface area contributed by atoms with Crippen molar-refractivity contribution >= 4 is 12.4 Å². The van der Waals surface area contributed by atoms with Crippen molar-refractivity contribution in [3.05, 3.63) is 35.6 Å². The van der Waals surface area contributed by atoms with Crippen molar-refractivity contribution in [2.75, 3.05) is 0 Å². The van der Waals surface area contributed by atoms with E-state index in [9.17, 15) is 13.2 Å². The Morgan fingerprint density at radius 2 is 1.93 bits per heavy atom. The Labute approximate surface area is 86.5 Å². The zero-order chi connectivity index (χ0) is 9.84. The molecule has 0 unspecified atom stereocenters. The quantitative estimate of drug-likeness (QED) is 0.841. The van der Waals surface area contributed by atoms with Crippen LogP contribution >= 0.6 is 12.4 Å². The van der Waals surface area contributed by atoms with E-state index in [1.54, 1.807) is 0 Å². The van der Waals surface area contributed by atoms with Crippen LogP contribution in [0.4, 0.5) is 13.2 Å². The lowest BCUT2D eigenvalue weighted by atomic mass is 10.1. The molecule has 0 fully saturated rings. The molecule has 1 rings (SSSR count). The van der Waals surface area contributed by atoms with E-state index >= 15 is 0 Å². The number of benzene rings is 1. The van der Waals surface area contributed by atoms with E-state index in [-0.39, 0.29) is 12.4 Å². The number of hydrogen-bond donors (Lipinski definition) is 1. The molecule has 0 heterocycles. The second kappa shape index (κ2) is 5.88. The largest absolute Gasteiger partial charge is 0.324 e. The monoisotopic (exact) mass is 225 g/mol. The van der Waals surface area contributed by atoms with Gasteiger partial charge in [0.1, 0.15) is 5.82 Å². The van der Waals surface area contributed by atoms with E-state index < -0.39 is 24.7 Å². The lowest BCUT2D eigenvalue weighted by molar-refractivity contribution is 0.128. The molecule has 0 aliphatic rings. The Hall–Kier alpha value is -0.740. The average molecular weight is 226 g/mol. The third-order valence-corrected chi connectivity index (χ3v) is 1.71. The van der Waals surface area contributed by atoms with E-state index in [0.29, 0.717) is 5.56 Å². The molecule has 0 radical (unpaired) electrons. The Balaban J connectivity index is 0.00000169. The topological polar surface area (TPSA) is 26.0 Å². The van der Waals surface area contributed by atoms with Crippen LogP contribution in [0.3, 0.4) is 0 Å². The van der Waals surface area contributed by atoms with Crippen LogP contribution in [-0.4, -0.2) is 6.43 Å². The molecule has 0 aromatic heterocycles. The average Bonchev–Trinajstić information content (AvgIpc) is 2.03. The predicted molar refractivity (Wildman–Crippen MR) is 51.2 cm³/mol. The molecular formula is C9H11ClF3N. The van der Waals surface area contributed by atoms with Gasteiger partial charge >= 0.3 is 0 Å². The third kappa shape index (κ3) is 3.98. The molecule has 1 atom stereocenters. The molecule has 1 nitrogen and oxygen atoms in total. The summed E-state index contributed by atoms with van der Waals surface area (Å²) < 4.78 is 36.4.